The smallest absolute Gasteiger partial charge is 0.227 e. The van der Waals surface area contributed by atoms with Crippen molar-refractivity contribution in [1.29, 1.82) is 0 Å². The van der Waals surface area contributed by atoms with Gasteiger partial charge in [-0.15, -0.1) is 0 Å². The number of nitrogens with one attached hydrogen (secondary N) is 1. The molecule has 2 heterocycles. The van der Waals surface area contributed by atoms with Crippen molar-refractivity contribution >= 4 is 16.8 Å². The van der Waals surface area contributed by atoms with E-state index in [1.54, 1.807) is 7.11 Å². The Morgan fingerprint density at radius 2 is 2.00 bits per heavy atom. The fourth-order valence-electron chi connectivity index (χ4n) is 3.59. The highest BCUT2D eigenvalue weighted by molar-refractivity contribution is 5.90. The molecule has 4 heteroatoms. The monoisotopic (exact) mass is 334 g/mol. The van der Waals surface area contributed by atoms with Crippen LogP contribution in [-0.2, 0) is 24.2 Å². The van der Waals surface area contributed by atoms with Gasteiger partial charge in [0, 0.05) is 36.2 Å². The average Bonchev–Trinajstić information content (AvgIpc) is 3.01. The summed E-state index contributed by atoms with van der Waals surface area (Å²) >= 11 is 0. The zero-order valence-corrected chi connectivity index (χ0v) is 14.6. The summed E-state index contributed by atoms with van der Waals surface area (Å²) in [6.07, 6.45) is 1.31. The summed E-state index contributed by atoms with van der Waals surface area (Å²) in [5, 5.41) is 1.15. The van der Waals surface area contributed by atoms with Gasteiger partial charge in [0.15, 0.2) is 0 Å². The average molecular weight is 334 g/mol. The van der Waals surface area contributed by atoms with Crippen LogP contribution in [0.1, 0.15) is 22.4 Å². The largest absolute Gasteiger partial charge is 0.495 e. The summed E-state index contributed by atoms with van der Waals surface area (Å²) in [5.41, 5.74) is 5.76. The van der Waals surface area contributed by atoms with Crippen LogP contribution < -0.4 is 4.74 Å². The predicted octanol–water partition coefficient (Wildman–Crippen LogP) is 3.61. The number of benzene rings is 2. The molecule has 0 atom stereocenters. The Balaban J connectivity index is 1.58. The second-order valence-corrected chi connectivity index (χ2v) is 6.69. The molecule has 0 unspecified atom stereocenters. The first-order chi connectivity index (χ1) is 12.2. The fourth-order valence-corrected chi connectivity index (χ4v) is 3.59. The Labute approximate surface area is 147 Å². The van der Waals surface area contributed by atoms with Crippen LogP contribution in [0.2, 0.25) is 0 Å². The van der Waals surface area contributed by atoms with Crippen molar-refractivity contribution in [3.63, 3.8) is 0 Å². The highest BCUT2D eigenvalue weighted by atomic mass is 16.5. The first-order valence-corrected chi connectivity index (χ1v) is 8.65. The quantitative estimate of drug-likeness (QED) is 0.795. The SMILES string of the molecule is COc1cccc2c3c([nH]c12)CCN(C(=O)Cc1ccc(C)cc1)C3. The van der Waals surface area contributed by atoms with Crippen LogP contribution in [0.5, 0.6) is 5.75 Å². The van der Waals surface area contributed by atoms with Gasteiger partial charge in [-0.25, -0.2) is 0 Å². The first-order valence-electron chi connectivity index (χ1n) is 8.65. The summed E-state index contributed by atoms with van der Waals surface area (Å²) in [7, 11) is 1.69. The number of H-pyrrole nitrogens is 1. The number of carbonyl (C=O) groups excluding carboxylic acids is 1. The molecule has 1 N–H and O–H groups in total. The molecule has 2 aromatic carbocycles. The molecule has 3 aromatic rings. The summed E-state index contributed by atoms with van der Waals surface area (Å²) < 4.78 is 5.46. The molecule has 1 amide bonds. The molecule has 0 aliphatic carbocycles. The number of nitrogens with zero attached hydrogens (tertiary/aromatic N) is 1. The number of carbonyl (C=O) groups is 1. The molecule has 0 spiro atoms. The molecule has 1 aliphatic heterocycles. The van der Waals surface area contributed by atoms with Gasteiger partial charge in [-0.2, -0.15) is 0 Å². The van der Waals surface area contributed by atoms with Gasteiger partial charge < -0.3 is 14.6 Å². The van der Waals surface area contributed by atoms with Crippen LogP contribution >= 0.6 is 0 Å². The lowest BCUT2D eigenvalue weighted by molar-refractivity contribution is -0.131. The van der Waals surface area contributed by atoms with Crippen LogP contribution in [0, 0.1) is 6.92 Å². The van der Waals surface area contributed by atoms with Gasteiger partial charge in [0.25, 0.3) is 0 Å². The van der Waals surface area contributed by atoms with Crippen molar-refractivity contribution in [1.82, 2.24) is 9.88 Å². The van der Waals surface area contributed by atoms with E-state index in [1.807, 2.05) is 29.2 Å². The van der Waals surface area contributed by atoms with Crippen molar-refractivity contribution in [2.75, 3.05) is 13.7 Å². The van der Waals surface area contributed by atoms with E-state index in [2.05, 4.69) is 30.1 Å². The van der Waals surface area contributed by atoms with Gasteiger partial charge in [-0.3, -0.25) is 4.79 Å². The Morgan fingerprint density at radius 1 is 1.20 bits per heavy atom. The summed E-state index contributed by atoms with van der Waals surface area (Å²) in [4.78, 5) is 18.2. The van der Waals surface area contributed by atoms with E-state index >= 15 is 0 Å². The van der Waals surface area contributed by atoms with Gasteiger partial charge in [0.1, 0.15) is 5.75 Å². The van der Waals surface area contributed by atoms with Crippen molar-refractivity contribution < 1.29 is 9.53 Å². The van der Waals surface area contributed by atoms with E-state index in [0.29, 0.717) is 13.0 Å². The highest BCUT2D eigenvalue weighted by Gasteiger charge is 2.24. The molecule has 0 saturated heterocycles. The van der Waals surface area contributed by atoms with E-state index in [1.165, 1.54) is 16.8 Å². The number of methoxy groups -OCH3 is 1. The highest BCUT2D eigenvalue weighted by Crippen LogP contribution is 2.32. The lowest BCUT2D eigenvalue weighted by Crippen LogP contribution is -2.36. The molecule has 25 heavy (non-hydrogen) atoms. The zero-order valence-electron chi connectivity index (χ0n) is 14.6. The van der Waals surface area contributed by atoms with Gasteiger partial charge in [0.05, 0.1) is 19.0 Å². The maximum Gasteiger partial charge on any atom is 0.227 e. The molecule has 0 saturated carbocycles. The third-order valence-electron chi connectivity index (χ3n) is 5.02. The summed E-state index contributed by atoms with van der Waals surface area (Å²) in [6.45, 7) is 3.48. The van der Waals surface area contributed by atoms with E-state index in [0.717, 1.165) is 35.2 Å². The Kier molecular flexibility index (Phi) is 3.96. The Morgan fingerprint density at radius 3 is 2.76 bits per heavy atom. The Bertz CT molecular complexity index is 925. The molecule has 1 aromatic heterocycles. The summed E-state index contributed by atoms with van der Waals surface area (Å²) in [5.74, 6) is 1.04. The standard InChI is InChI=1S/C21H22N2O2/c1-14-6-8-15(9-7-14)12-20(24)23-11-10-18-17(13-23)16-4-3-5-19(25-2)21(16)22-18/h3-9,22H,10-13H2,1-2H3. The first kappa shape index (κ1) is 15.8. The molecule has 4 rings (SSSR count). The van der Waals surface area contributed by atoms with Crippen molar-refractivity contribution in [2.24, 2.45) is 0 Å². The number of rotatable bonds is 3. The minimum absolute atomic E-state index is 0.187. The second-order valence-electron chi connectivity index (χ2n) is 6.69. The number of aromatic amines is 1. The van der Waals surface area contributed by atoms with Crippen LogP contribution in [0.3, 0.4) is 0 Å². The van der Waals surface area contributed by atoms with Gasteiger partial charge in [0.2, 0.25) is 5.91 Å². The molecule has 0 fully saturated rings. The molecular formula is C21H22N2O2. The van der Waals surface area contributed by atoms with Crippen LogP contribution in [0.25, 0.3) is 10.9 Å². The van der Waals surface area contributed by atoms with Crippen LogP contribution in [0.15, 0.2) is 42.5 Å². The van der Waals surface area contributed by atoms with Gasteiger partial charge in [-0.05, 0) is 18.6 Å². The molecule has 1 aliphatic rings. The lowest BCUT2D eigenvalue weighted by atomic mass is 10.0. The second kappa shape index (κ2) is 6.28. The number of aryl methyl sites for hydroxylation is 1. The van der Waals surface area contributed by atoms with E-state index in [9.17, 15) is 4.79 Å². The molecule has 4 nitrogen and oxygen atoms in total. The van der Waals surface area contributed by atoms with E-state index in [4.69, 9.17) is 4.74 Å². The number of hydrogen-bond acceptors (Lipinski definition) is 2. The molecule has 0 radical (unpaired) electrons. The number of para-hydroxylation sites is 1. The minimum atomic E-state index is 0.187. The maximum atomic E-state index is 12.7. The lowest BCUT2D eigenvalue weighted by Gasteiger charge is -2.27. The predicted molar refractivity (Wildman–Crippen MR) is 98.9 cm³/mol. The third kappa shape index (κ3) is 2.88. The number of amides is 1. The van der Waals surface area contributed by atoms with E-state index in [-0.39, 0.29) is 5.91 Å². The number of hydrogen-bond donors (Lipinski definition) is 1. The van der Waals surface area contributed by atoms with Crippen molar-refractivity contribution in [3.8, 4) is 5.75 Å². The van der Waals surface area contributed by atoms with Crippen molar-refractivity contribution in [2.45, 2.75) is 26.3 Å². The van der Waals surface area contributed by atoms with Crippen LogP contribution in [0.4, 0.5) is 0 Å². The number of fused-ring (bicyclic) bond motifs is 3. The minimum Gasteiger partial charge on any atom is -0.495 e. The third-order valence-corrected chi connectivity index (χ3v) is 5.02. The molecule has 0 bridgehead atoms. The van der Waals surface area contributed by atoms with Gasteiger partial charge in [-0.1, -0.05) is 42.0 Å². The van der Waals surface area contributed by atoms with E-state index < -0.39 is 0 Å². The number of aromatic nitrogens is 1. The van der Waals surface area contributed by atoms with Crippen molar-refractivity contribution in [3.05, 3.63) is 64.8 Å². The maximum absolute atomic E-state index is 12.7. The zero-order chi connectivity index (χ0) is 17.4. The topological polar surface area (TPSA) is 45.3 Å². The molecule has 128 valence electrons. The van der Waals surface area contributed by atoms with Gasteiger partial charge >= 0.3 is 0 Å². The normalized spacial score (nSPS) is 13.8. The number of ether oxygens (including phenoxy) is 1. The molecular weight excluding hydrogens is 312 g/mol. The Hall–Kier alpha value is -2.75. The van der Waals surface area contributed by atoms with Crippen LogP contribution in [-0.4, -0.2) is 29.4 Å². The summed E-state index contributed by atoms with van der Waals surface area (Å²) in [6, 6.07) is 14.3. The fraction of sp³-hybridized carbons (Fsp3) is 0.286.